The summed E-state index contributed by atoms with van der Waals surface area (Å²) in [4.78, 5) is 11.3. The highest BCUT2D eigenvalue weighted by molar-refractivity contribution is 7.71. The zero-order chi connectivity index (χ0) is 15.1. The Bertz CT molecular complexity index is 581. The van der Waals surface area contributed by atoms with Crippen molar-refractivity contribution < 1.29 is 13.2 Å². The molecule has 20 heavy (non-hydrogen) atoms. The first-order valence-electron chi connectivity index (χ1n) is 6.54. The summed E-state index contributed by atoms with van der Waals surface area (Å²) in [5.74, 6) is -0.0559. The van der Waals surface area contributed by atoms with Crippen LogP contribution in [-0.2, 0) is 22.9 Å². The SMILES string of the molecule is CCC=CCCc1cc(C)c(C(=O)Cl)cc1C[SH](=O)=O. The normalized spacial score (nSPS) is 11.4. The van der Waals surface area contributed by atoms with Gasteiger partial charge < -0.3 is 0 Å². The van der Waals surface area contributed by atoms with E-state index in [2.05, 4.69) is 19.1 Å². The van der Waals surface area contributed by atoms with Gasteiger partial charge in [-0.1, -0.05) is 25.1 Å². The second-order valence-corrected chi connectivity index (χ2v) is 5.94. The molecule has 0 unspecified atom stereocenters. The van der Waals surface area contributed by atoms with Gasteiger partial charge in [-0.3, -0.25) is 4.79 Å². The summed E-state index contributed by atoms with van der Waals surface area (Å²) >= 11 is 5.51. The van der Waals surface area contributed by atoms with E-state index in [0.717, 1.165) is 30.4 Å². The van der Waals surface area contributed by atoms with Gasteiger partial charge in [0.05, 0.1) is 5.75 Å². The summed E-state index contributed by atoms with van der Waals surface area (Å²) in [6.07, 6.45) is 6.75. The summed E-state index contributed by atoms with van der Waals surface area (Å²) < 4.78 is 21.9. The van der Waals surface area contributed by atoms with Gasteiger partial charge in [-0.25, -0.2) is 8.42 Å². The predicted molar refractivity (Wildman–Crippen MR) is 83.1 cm³/mol. The van der Waals surface area contributed by atoms with Gasteiger partial charge in [0, 0.05) is 5.56 Å². The van der Waals surface area contributed by atoms with Crippen molar-refractivity contribution in [1.82, 2.24) is 0 Å². The van der Waals surface area contributed by atoms with Crippen molar-refractivity contribution in [3.8, 4) is 0 Å². The standard InChI is InChI=1S/C15H19ClO3S/c1-3-4-5-6-7-12-8-11(2)14(15(16)17)9-13(12)10-20(18)19/h4-5,8-9,20H,3,6-7,10H2,1-2H3. The number of carbonyl (C=O) groups excluding carboxylic acids is 1. The summed E-state index contributed by atoms with van der Waals surface area (Å²) in [5.41, 5.74) is 2.79. The van der Waals surface area contributed by atoms with E-state index in [-0.39, 0.29) is 5.75 Å². The van der Waals surface area contributed by atoms with E-state index in [9.17, 15) is 13.2 Å². The smallest absolute Gasteiger partial charge is 0.252 e. The Labute approximate surface area is 126 Å². The fourth-order valence-electron chi connectivity index (χ4n) is 2.07. The van der Waals surface area contributed by atoms with Gasteiger partial charge in [0.15, 0.2) is 0 Å². The number of benzene rings is 1. The highest BCUT2D eigenvalue weighted by atomic mass is 35.5. The molecule has 110 valence electrons. The highest BCUT2D eigenvalue weighted by Gasteiger charge is 2.12. The number of hydrogen-bond donors (Lipinski definition) is 1. The molecule has 0 heterocycles. The van der Waals surface area contributed by atoms with Crippen molar-refractivity contribution in [2.24, 2.45) is 0 Å². The van der Waals surface area contributed by atoms with Crippen LogP contribution in [0.3, 0.4) is 0 Å². The van der Waals surface area contributed by atoms with Gasteiger partial charge >= 0.3 is 0 Å². The molecule has 0 atom stereocenters. The van der Waals surface area contributed by atoms with E-state index >= 15 is 0 Å². The molecule has 0 aliphatic heterocycles. The number of thiol groups is 1. The zero-order valence-electron chi connectivity index (χ0n) is 11.7. The first kappa shape index (κ1) is 16.9. The maximum atomic E-state index is 11.3. The highest BCUT2D eigenvalue weighted by Crippen LogP contribution is 2.21. The minimum atomic E-state index is -2.53. The molecule has 0 aliphatic rings. The molecule has 0 saturated carbocycles. The Morgan fingerprint density at radius 1 is 1.25 bits per heavy atom. The Morgan fingerprint density at radius 2 is 1.95 bits per heavy atom. The molecule has 1 rings (SSSR count). The van der Waals surface area contributed by atoms with Crippen molar-refractivity contribution in [3.63, 3.8) is 0 Å². The minimum Gasteiger partial charge on any atom is -0.276 e. The number of rotatable bonds is 7. The molecular weight excluding hydrogens is 296 g/mol. The lowest BCUT2D eigenvalue weighted by Crippen LogP contribution is -2.02. The van der Waals surface area contributed by atoms with Crippen molar-refractivity contribution in [1.29, 1.82) is 0 Å². The van der Waals surface area contributed by atoms with Gasteiger partial charge in [-0.2, -0.15) is 0 Å². The molecule has 0 amide bonds. The van der Waals surface area contributed by atoms with E-state index in [1.807, 2.05) is 13.0 Å². The van der Waals surface area contributed by atoms with Gasteiger partial charge in [-0.05, 0) is 60.5 Å². The molecule has 0 N–H and O–H groups in total. The van der Waals surface area contributed by atoms with Crippen LogP contribution in [0.4, 0.5) is 0 Å². The maximum absolute atomic E-state index is 11.3. The van der Waals surface area contributed by atoms with Crippen LogP contribution in [0.5, 0.6) is 0 Å². The van der Waals surface area contributed by atoms with Crippen LogP contribution in [0.2, 0.25) is 0 Å². The lowest BCUT2D eigenvalue weighted by molar-refractivity contribution is 0.108. The molecule has 0 bridgehead atoms. The topological polar surface area (TPSA) is 51.2 Å². The third kappa shape index (κ3) is 5.10. The number of carbonyl (C=O) groups is 1. The van der Waals surface area contributed by atoms with Crippen molar-refractivity contribution in [3.05, 3.63) is 46.5 Å². The van der Waals surface area contributed by atoms with Crippen LogP contribution in [0, 0.1) is 6.92 Å². The quantitative estimate of drug-likeness (QED) is 0.477. The molecule has 0 fully saturated rings. The zero-order valence-corrected chi connectivity index (χ0v) is 13.3. The fraction of sp³-hybridized carbons (Fsp3) is 0.400. The molecule has 5 heteroatoms. The lowest BCUT2D eigenvalue weighted by atomic mass is 9.97. The summed E-state index contributed by atoms with van der Waals surface area (Å²) in [7, 11) is -2.53. The third-order valence-corrected chi connectivity index (χ3v) is 3.84. The Kier molecular flexibility index (Phi) is 6.96. The third-order valence-electron chi connectivity index (χ3n) is 3.04. The van der Waals surface area contributed by atoms with E-state index in [0.29, 0.717) is 11.1 Å². The molecule has 1 aromatic rings. The number of aryl methyl sites for hydroxylation is 2. The monoisotopic (exact) mass is 314 g/mol. The minimum absolute atomic E-state index is 0.0559. The fourth-order valence-corrected chi connectivity index (χ4v) is 2.84. The molecule has 3 nitrogen and oxygen atoms in total. The number of hydrogen-bond acceptors (Lipinski definition) is 3. The Balaban J connectivity index is 3.09. The van der Waals surface area contributed by atoms with E-state index in [1.165, 1.54) is 0 Å². The molecule has 0 aromatic heterocycles. The number of allylic oxidation sites excluding steroid dienone is 2. The average molecular weight is 315 g/mol. The summed E-state index contributed by atoms with van der Waals surface area (Å²) in [5, 5.41) is -0.553. The van der Waals surface area contributed by atoms with Crippen LogP contribution in [0.25, 0.3) is 0 Å². The van der Waals surface area contributed by atoms with E-state index in [4.69, 9.17) is 11.6 Å². The first-order chi connectivity index (χ1) is 9.45. The summed E-state index contributed by atoms with van der Waals surface area (Å²) in [6.45, 7) is 3.87. The second kappa shape index (κ2) is 8.22. The lowest BCUT2D eigenvalue weighted by Gasteiger charge is -2.10. The second-order valence-electron chi connectivity index (χ2n) is 4.62. The number of halogens is 1. The maximum Gasteiger partial charge on any atom is 0.252 e. The molecule has 0 aliphatic carbocycles. The van der Waals surface area contributed by atoms with Crippen molar-refractivity contribution in [2.75, 3.05) is 0 Å². The van der Waals surface area contributed by atoms with Crippen LogP contribution in [0.15, 0.2) is 24.3 Å². The largest absolute Gasteiger partial charge is 0.276 e. The average Bonchev–Trinajstić information content (AvgIpc) is 2.36. The Morgan fingerprint density at radius 3 is 2.50 bits per heavy atom. The summed E-state index contributed by atoms with van der Waals surface area (Å²) in [6, 6.07) is 3.47. The molecule has 0 saturated heterocycles. The Hall–Kier alpha value is -1.13. The van der Waals surface area contributed by atoms with Crippen LogP contribution < -0.4 is 0 Å². The van der Waals surface area contributed by atoms with Crippen LogP contribution >= 0.6 is 11.6 Å². The molecular formula is C15H19ClO3S. The van der Waals surface area contributed by atoms with Crippen LogP contribution in [-0.4, -0.2) is 13.7 Å². The van der Waals surface area contributed by atoms with Crippen molar-refractivity contribution in [2.45, 2.75) is 38.9 Å². The van der Waals surface area contributed by atoms with Crippen molar-refractivity contribution >= 4 is 27.5 Å². The van der Waals surface area contributed by atoms with Gasteiger partial charge in [0.1, 0.15) is 10.7 Å². The van der Waals surface area contributed by atoms with E-state index < -0.39 is 15.9 Å². The molecule has 0 radical (unpaired) electrons. The predicted octanol–water partition coefficient (Wildman–Crippen LogP) is 3.38. The molecule has 1 aromatic carbocycles. The van der Waals surface area contributed by atoms with Crippen LogP contribution in [0.1, 0.15) is 46.8 Å². The van der Waals surface area contributed by atoms with E-state index in [1.54, 1.807) is 6.07 Å². The van der Waals surface area contributed by atoms with Gasteiger partial charge in [0.25, 0.3) is 5.24 Å². The first-order valence-corrected chi connectivity index (χ1v) is 8.28. The van der Waals surface area contributed by atoms with Gasteiger partial charge in [-0.15, -0.1) is 0 Å². The van der Waals surface area contributed by atoms with Gasteiger partial charge in [0.2, 0.25) is 0 Å². The molecule has 0 spiro atoms.